The third-order valence-electron chi connectivity index (χ3n) is 8.06. The van der Waals surface area contributed by atoms with Gasteiger partial charge in [-0.3, -0.25) is 4.90 Å². The second kappa shape index (κ2) is 11.7. The van der Waals surface area contributed by atoms with Crippen molar-refractivity contribution in [2.75, 3.05) is 19.6 Å². The van der Waals surface area contributed by atoms with Crippen molar-refractivity contribution in [1.29, 1.82) is 0 Å². The molecule has 0 radical (unpaired) electrons. The molecule has 2 aromatic heterocycles. The van der Waals surface area contributed by atoms with Crippen molar-refractivity contribution in [2.45, 2.75) is 90.8 Å². The minimum absolute atomic E-state index is 0.711. The summed E-state index contributed by atoms with van der Waals surface area (Å²) in [6, 6.07) is 12.7. The van der Waals surface area contributed by atoms with E-state index in [-0.39, 0.29) is 0 Å². The standard InChI is InChI=1S/C31H43N5/c1-4-8-29-34-30-23(2)21-24(3)33-31(30)36(29)22-26-14-12-25(13-15-26)9-7-11-27-10-5-6-20-35(27)28-16-18-32-19-17-28/h7,9,12-15,21,27-28,32H,4-6,8,10-11,16-20,22H2,1-3H3/t27-/m1/s1. The van der Waals surface area contributed by atoms with Crippen LogP contribution in [0.5, 0.6) is 0 Å². The molecule has 192 valence electrons. The fourth-order valence-corrected chi connectivity index (χ4v) is 6.20. The lowest BCUT2D eigenvalue weighted by Gasteiger charge is -2.42. The van der Waals surface area contributed by atoms with Gasteiger partial charge in [-0.1, -0.05) is 49.8 Å². The molecule has 0 aliphatic carbocycles. The van der Waals surface area contributed by atoms with E-state index in [0.717, 1.165) is 54.5 Å². The molecule has 2 saturated heterocycles. The third-order valence-corrected chi connectivity index (χ3v) is 8.06. The number of nitrogens with zero attached hydrogens (tertiary/aromatic N) is 4. The average Bonchev–Trinajstić information content (AvgIpc) is 3.23. The number of imidazole rings is 1. The van der Waals surface area contributed by atoms with Crippen molar-refractivity contribution in [3.8, 4) is 0 Å². The maximum absolute atomic E-state index is 4.96. The number of rotatable bonds is 8. The number of benzene rings is 1. The van der Waals surface area contributed by atoms with Crippen molar-refractivity contribution < 1.29 is 0 Å². The predicted molar refractivity (Wildman–Crippen MR) is 150 cm³/mol. The first kappa shape index (κ1) is 25.2. The molecule has 1 atom stereocenters. The van der Waals surface area contributed by atoms with Gasteiger partial charge in [-0.2, -0.15) is 0 Å². The van der Waals surface area contributed by atoms with Gasteiger partial charge in [-0.05, 0) is 94.8 Å². The number of aryl methyl sites for hydroxylation is 3. The second-order valence-electron chi connectivity index (χ2n) is 10.9. The van der Waals surface area contributed by atoms with Gasteiger partial charge < -0.3 is 9.88 Å². The number of aromatic nitrogens is 3. The molecular formula is C31H43N5. The van der Waals surface area contributed by atoms with Gasteiger partial charge in [-0.15, -0.1) is 0 Å². The number of hydrogen-bond acceptors (Lipinski definition) is 4. The Balaban J connectivity index is 1.26. The Labute approximate surface area is 217 Å². The average molecular weight is 486 g/mol. The van der Waals surface area contributed by atoms with Crippen molar-refractivity contribution in [2.24, 2.45) is 0 Å². The Morgan fingerprint density at radius 3 is 2.61 bits per heavy atom. The molecule has 36 heavy (non-hydrogen) atoms. The van der Waals surface area contributed by atoms with Crippen LogP contribution in [0.2, 0.25) is 0 Å². The highest BCUT2D eigenvalue weighted by molar-refractivity contribution is 5.76. The monoisotopic (exact) mass is 485 g/mol. The highest BCUT2D eigenvalue weighted by atomic mass is 15.2. The first-order valence-corrected chi connectivity index (χ1v) is 14.2. The molecule has 5 heteroatoms. The van der Waals surface area contributed by atoms with Gasteiger partial charge in [0, 0.05) is 24.2 Å². The van der Waals surface area contributed by atoms with Gasteiger partial charge in [-0.25, -0.2) is 9.97 Å². The van der Waals surface area contributed by atoms with Crippen molar-refractivity contribution in [3.63, 3.8) is 0 Å². The summed E-state index contributed by atoms with van der Waals surface area (Å²) in [7, 11) is 0. The molecule has 0 saturated carbocycles. The number of piperidine rings is 2. The summed E-state index contributed by atoms with van der Waals surface area (Å²) in [5, 5.41) is 3.53. The predicted octanol–water partition coefficient (Wildman–Crippen LogP) is 6.06. The molecule has 0 spiro atoms. The van der Waals surface area contributed by atoms with Crippen LogP contribution < -0.4 is 5.32 Å². The Morgan fingerprint density at radius 2 is 1.83 bits per heavy atom. The van der Waals surface area contributed by atoms with Crippen molar-refractivity contribution in [3.05, 3.63) is 64.6 Å². The molecule has 0 bridgehead atoms. The molecule has 4 heterocycles. The molecular weight excluding hydrogens is 442 g/mol. The van der Waals surface area contributed by atoms with Crippen LogP contribution >= 0.6 is 0 Å². The lowest BCUT2D eigenvalue weighted by Crippen LogP contribution is -2.50. The van der Waals surface area contributed by atoms with E-state index in [2.05, 4.69) is 78.0 Å². The first-order chi connectivity index (χ1) is 17.6. The summed E-state index contributed by atoms with van der Waals surface area (Å²) in [6.45, 7) is 10.9. The normalized spacial score (nSPS) is 20.0. The van der Waals surface area contributed by atoms with Crippen LogP contribution in [0.3, 0.4) is 0 Å². The summed E-state index contributed by atoms with van der Waals surface area (Å²) in [4.78, 5) is 12.7. The van der Waals surface area contributed by atoms with Gasteiger partial charge in [0.25, 0.3) is 0 Å². The topological polar surface area (TPSA) is 46.0 Å². The molecule has 1 N–H and O–H groups in total. The molecule has 1 aromatic carbocycles. The molecule has 2 fully saturated rings. The van der Waals surface area contributed by atoms with Crippen LogP contribution in [0.15, 0.2) is 36.4 Å². The highest BCUT2D eigenvalue weighted by Gasteiger charge is 2.28. The van der Waals surface area contributed by atoms with E-state index in [4.69, 9.17) is 9.97 Å². The fourth-order valence-electron chi connectivity index (χ4n) is 6.20. The highest BCUT2D eigenvalue weighted by Crippen LogP contribution is 2.26. The van der Waals surface area contributed by atoms with E-state index in [9.17, 15) is 0 Å². The van der Waals surface area contributed by atoms with Gasteiger partial charge in [0.15, 0.2) is 5.65 Å². The zero-order valence-corrected chi connectivity index (χ0v) is 22.5. The second-order valence-corrected chi connectivity index (χ2v) is 10.9. The van der Waals surface area contributed by atoms with Crippen LogP contribution in [0.25, 0.3) is 17.2 Å². The molecule has 5 rings (SSSR count). The maximum Gasteiger partial charge on any atom is 0.160 e. The minimum Gasteiger partial charge on any atom is -0.317 e. The fraction of sp³-hybridized carbons (Fsp3) is 0.548. The summed E-state index contributed by atoms with van der Waals surface area (Å²) in [6.07, 6.45) is 14.7. The Hall–Kier alpha value is -2.50. The van der Waals surface area contributed by atoms with E-state index in [1.165, 1.54) is 68.4 Å². The number of likely N-dealkylation sites (tertiary alicyclic amines) is 1. The van der Waals surface area contributed by atoms with Gasteiger partial charge in [0.05, 0.1) is 6.54 Å². The molecule has 5 nitrogen and oxygen atoms in total. The Kier molecular flexibility index (Phi) is 8.18. The number of pyridine rings is 1. The third kappa shape index (κ3) is 5.73. The molecule has 3 aromatic rings. The van der Waals surface area contributed by atoms with Gasteiger partial charge >= 0.3 is 0 Å². The largest absolute Gasteiger partial charge is 0.317 e. The van der Waals surface area contributed by atoms with Crippen LogP contribution in [0.1, 0.15) is 80.1 Å². The van der Waals surface area contributed by atoms with E-state index in [0.29, 0.717) is 6.04 Å². The van der Waals surface area contributed by atoms with Crippen LogP contribution in [-0.2, 0) is 13.0 Å². The summed E-state index contributed by atoms with van der Waals surface area (Å²) >= 11 is 0. The first-order valence-electron chi connectivity index (χ1n) is 14.2. The minimum atomic E-state index is 0.711. The Bertz CT molecular complexity index is 1170. The van der Waals surface area contributed by atoms with E-state index in [1.807, 2.05) is 0 Å². The summed E-state index contributed by atoms with van der Waals surface area (Å²) in [5.41, 5.74) is 6.92. The maximum atomic E-state index is 4.96. The Morgan fingerprint density at radius 1 is 1.03 bits per heavy atom. The zero-order valence-electron chi connectivity index (χ0n) is 22.5. The quantitative estimate of drug-likeness (QED) is 0.421. The molecule has 2 aliphatic rings. The molecule has 0 unspecified atom stereocenters. The van der Waals surface area contributed by atoms with Gasteiger partial charge in [0.1, 0.15) is 11.3 Å². The van der Waals surface area contributed by atoms with Gasteiger partial charge in [0.2, 0.25) is 0 Å². The van der Waals surface area contributed by atoms with Crippen LogP contribution in [-0.4, -0.2) is 51.2 Å². The lowest BCUT2D eigenvalue weighted by atomic mass is 9.93. The smallest absolute Gasteiger partial charge is 0.160 e. The van der Waals surface area contributed by atoms with E-state index in [1.54, 1.807) is 0 Å². The molecule has 0 amide bonds. The van der Waals surface area contributed by atoms with Crippen LogP contribution in [0.4, 0.5) is 0 Å². The summed E-state index contributed by atoms with van der Waals surface area (Å²) in [5.74, 6) is 1.14. The molecule has 2 aliphatic heterocycles. The SMILES string of the molecule is CCCc1nc2c(C)cc(C)nc2n1Cc1ccc(C=CC[C@H]2CCCCN2C2CCNCC2)cc1. The van der Waals surface area contributed by atoms with E-state index < -0.39 is 0 Å². The van der Waals surface area contributed by atoms with Crippen molar-refractivity contribution >= 4 is 17.2 Å². The van der Waals surface area contributed by atoms with E-state index >= 15 is 0 Å². The van der Waals surface area contributed by atoms with Crippen molar-refractivity contribution in [1.82, 2.24) is 24.8 Å². The number of fused-ring (bicyclic) bond motifs is 1. The number of nitrogens with one attached hydrogen (secondary N) is 1. The number of hydrogen-bond donors (Lipinski definition) is 1. The zero-order chi connectivity index (χ0) is 24.9. The summed E-state index contributed by atoms with van der Waals surface area (Å²) < 4.78 is 2.32. The lowest BCUT2D eigenvalue weighted by molar-refractivity contribution is 0.0778. The van der Waals surface area contributed by atoms with Crippen LogP contribution in [0, 0.1) is 13.8 Å².